The third-order valence-corrected chi connectivity index (χ3v) is 2.47. The average molecular weight is 239 g/mol. The number of allylic oxidation sites excluding steroid dienone is 1. The fraction of sp³-hybridized carbons (Fsp3) is 0.0667. The summed E-state index contributed by atoms with van der Waals surface area (Å²) >= 11 is 0. The molecule has 0 aliphatic rings. The molecule has 3 nitrogen and oxygen atoms in total. The number of methoxy groups -OCH3 is 1. The molecule has 0 unspecified atom stereocenters. The molecule has 0 fully saturated rings. The molecule has 90 valence electrons. The molecule has 1 heterocycles. The number of para-hydroxylation sites is 1. The molecule has 1 aromatic heterocycles. The van der Waals surface area contributed by atoms with Crippen LogP contribution in [0.3, 0.4) is 0 Å². The molecule has 0 atom stereocenters. The van der Waals surface area contributed by atoms with E-state index in [-0.39, 0.29) is 5.78 Å². The summed E-state index contributed by atoms with van der Waals surface area (Å²) in [6.07, 6.45) is 4.83. The highest BCUT2D eigenvalue weighted by Gasteiger charge is 2.02. The highest BCUT2D eigenvalue weighted by molar-refractivity contribution is 6.05. The highest BCUT2D eigenvalue weighted by atomic mass is 16.5. The zero-order chi connectivity index (χ0) is 12.8. The Bertz CT molecular complexity index is 562. The number of hydrogen-bond acceptors (Lipinski definition) is 3. The third-order valence-electron chi connectivity index (χ3n) is 2.47. The Morgan fingerprint density at radius 1 is 1.17 bits per heavy atom. The second kappa shape index (κ2) is 5.77. The molecular formula is C15H13NO2. The van der Waals surface area contributed by atoms with Crippen LogP contribution < -0.4 is 4.74 Å². The fourth-order valence-corrected chi connectivity index (χ4v) is 1.56. The van der Waals surface area contributed by atoms with Gasteiger partial charge in [0.05, 0.1) is 7.11 Å². The molecule has 2 rings (SSSR count). The van der Waals surface area contributed by atoms with E-state index < -0.39 is 0 Å². The first-order valence-electron chi connectivity index (χ1n) is 5.58. The Labute approximate surface area is 106 Å². The molecule has 0 saturated heterocycles. The van der Waals surface area contributed by atoms with Gasteiger partial charge in [-0.2, -0.15) is 0 Å². The van der Waals surface area contributed by atoms with Crippen molar-refractivity contribution in [1.82, 2.24) is 4.98 Å². The minimum atomic E-state index is -0.124. The Hall–Kier alpha value is -2.42. The molecule has 2 aromatic rings. The van der Waals surface area contributed by atoms with Gasteiger partial charge in [-0.05, 0) is 30.4 Å². The largest absolute Gasteiger partial charge is 0.496 e. The summed E-state index contributed by atoms with van der Waals surface area (Å²) in [4.78, 5) is 15.8. The predicted molar refractivity (Wildman–Crippen MR) is 70.6 cm³/mol. The zero-order valence-electron chi connectivity index (χ0n) is 10.0. The van der Waals surface area contributed by atoms with Crippen LogP contribution in [0.2, 0.25) is 0 Å². The number of rotatable bonds is 4. The molecule has 0 aliphatic heterocycles. The standard InChI is InChI=1S/C15H13NO2/c1-18-15-8-3-2-6-12(15)9-10-14(17)13-7-4-5-11-16-13/h2-11H,1H3/b10-9+. The zero-order valence-corrected chi connectivity index (χ0v) is 10.0. The normalized spacial score (nSPS) is 10.5. The average Bonchev–Trinajstić information content (AvgIpc) is 2.46. The monoisotopic (exact) mass is 239 g/mol. The molecule has 3 heteroatoms. The first kappa shape index (κ1) is 12.0. The molecule has 0 amide bonds. The van der Waals surface area contributed by atoms with Gasteiger partial charge in [0.15, 0.2) is 0 Å². The predicted octanol–water partition coefficient (Wildman–Crippen LogP) is 2.99. The van der Waals surface area contributed by atoms with Crippen LogP contribution in [0.4, 0.5) is 0 Å². The van der Waals surface area contributed by atoms with E-state index in [4.69, 9.17) is 4.74 Å². The Kier molecular flexibility index (Phi) is 3.86. The van der Waals surface area contributed by atoms with Gasteiger partial charge < -0.3 is 4.74 Å². The van der Waals surface area contributed by atoms with E-state index in [1.54, 1.807) is 37.6 Å². The molecule has 0 spiro atoms. The molecule has 1 aromatic carbocycles. The van der Waals surface area contributed by atoms with Crippen molar-refractivity contribution >= 4 is 11.9 Å². The van der Waals surface area contributed by atoms with Crippen LogP contribution in [0.15, 0.2) is 54.7 Å². The SMILES string of the molecule is COc1ccccc1/C=C/C(=O)c1ccccn1. The van der Waals surface area contributed by atoms with Gasteiger partial charge >= 0.3 is 0 Å². The van der Waals surface area contributed by atoms with Crippen LogP contribution in [0.5, 0.6) is 5.75 Å². The number of pyridine rings is 1. The minimum absolute atomic E-state index is 0.124. The summed E-state index contributed by atoms with van der Waals surface area (Å²) in [6.45, 7) is 0. The highest BCUT2D eigenvalue weighted by Crippen LogP contribution is 2.18. The maximum Gasteiger partial charge on any atom is 0.204 e. The topological polar surface area (TPSA) is 39.2 Å². The van der Waals surface area contributed by atoms with Gasteiger partial charge in [0, 0.05) is 11.8 Å². The van der Waals surface area contributed by atoms with E-state index in [0.29, 0.717) is 5.69 Å². The molecule has 18 heavy (non-hydrogen) atoms. The minimum Gasteiger partial charge on any atom is -0.496 e. The van der Waals surface area contributed by atoms with Crippen LogP contribution in [0.1, 0.15) is 16.1 Å². The van der Waals surface area contributed by atoms with Crippen LogP contribution in [-0.2, 0) is 0 Å². The lowest BCUT2D eigenvalue weighted by molar-refractivity contribution is 0.104. The number of carbonyl (C=O) groups is 1. The molecular weight excluding hydrogens is 226 g/mol. The van der Waals surface area contributed by atoms with Crippen LogP contribution >= 0.6 is 0 Å². The van der Waals surface area contributed by atoms with E-state index in [1.807, 2.05) is 24.3 Å². The summed E-state index contributed by atoms with van der Waals surface area (Å²) in [7, 11) is 1.60. The lowest BCUT2D eigenvalue weighted by Gasteiger charge is -2.02. The smallest absolute Gasteiger partial charge is 0.204 e. The van der Waals surface area contributed by atoms with E-state index in [1.165, 1.54) is 6.08 Å². The van der Waals surface area contributed by atoms with Crippen molar-refractivity contribution in [3.63, 3.8) is 0 Å². The van der Waals surface area contributed by atoms with E-state index >= 15 is 0 Å². The second-order valence-electron chi connectivity index (χ2n) is 3.65. The van der Waals surface area contributed by atoms with Gasteiger partial charge in [-0.15, -0.1) is 0 Å². The summed E-state index contributed by atoms with van der Waals surface area (Å²) in [6, 6.07) is 12.8. The number of nitrogens with zero attached hydrogens (tertiary/aromatic N) is 1. The lowest BCUT2D eigenvalue weighted by Crippen LogP contribution is -1.96. The van der Waals surface area contributed by atoms with E-state index in [0.717, 1.165) is 11.3 Å². The van der Waals surface area contributed by atoms with Crippen molar-refractivity contribution < 1.29 is 9.53 Å². The number of hydrogen-bond donors (Lipinski definition) is 0. The lowest BCUT2D eigenvalue weighted by atomic mass is 10.1. The number of carbonyl (C=O) groups excluding carboxylic acids is 1. The van der Waals surface area contributed by atoms with Gasteiger partial charge in [0.2, 0.25) is 5.78 Å². The first-order chi connectivity index (χ1) is 8.81. The van der Waals surface area contributed by atoms with Gasteiger partial charge in [-0.25, -0.2) is 0 Å². The van der Waals surface area contributed by atoms with Gasteiger partial charge in [0.25, 0.3) is 0 Å². The first-order valence-corrected chi connectivity index (χ1v) is 5.58. The maximum atomic E-state index is 11.8. The van der Waals surface area contributed by atoms with Crippen molar-refractivity contribution in [3.05, 3.63) is 66.0 Å². The molecule has 0 radical (unpaired) electrons. The Morgan fingerprint density at radius 2 is 1.94 bits per heavy atom. The van der Waals surface area contributed by atoms with E-state index in [9.17, 15) is 4.79 Å². The van der Waals surface area contributed by atoms with Crippen molar-refractivity contribution in [2.45, 2.75) is 0 Å². The van der Waals surface area contributed by atoms with Crippen LogP contribution in [-0.4, -0.2) is 17.9 Å². The number of ketones is 1. The summed E-state index contributed by atoms with van der Waals surface area (Å²) in [5.74, 6) is 0.615. The Morgan fingerprint density at radius 3 is 2.67 bits per heavy atom. The van der Waals surface area contributed by atoms with Gasteiger partial charge in [-0.3, -0.25) is 9.78 Å². The maximum absolute atomic E-state index is 11.8. The molecule has 0 aliphatic carbocycles. The number of ether oxygens (including phenoxy) is 1. The number of aromatic nitrogens is 1. The van der Waals surface area contributed by atoms with Crippen molar-refractivity contribution in [3.8, 4) is 5.75 Å². The molecule has 0 saturated carbocycles. The summed E-state index contributed by atoms with van der Waals surface area (Å²) in [5, 5.41) is 0. The van der Waals surface area contributed by atoms with Crippen LogP contribution in [0.25, 0.3) is 6.08 Å². The van der Waals surface area contributed by atoms with Crippen molar-refractivity contribution in [1.29, 1.82) is 0 Å². The van der Waals surface area contributed by atoms with E-state index in [2.05, 4.69) is 4.98 Å². The quantitative estimate of drug-likeness (QED) is 0.608. The molecule has 0 bridgehead atoms. The fourth-order valence-electron chi connectivity index (χ4n) is 1.56. The van der Waals surface area contributed by atoms with Gasteiger partial charge in [-0.1, -0.05) is 24.3 Å². The molecule has 0 N–H and O–H groups in total. The third kappa shape index (κ3) is 2.83. The summed E-state index contributed by atoms with van der Waals surface area (Å²) in [5.41, 5.74) is 1.30. The van der Waals surface area contributed by atoms with Crippen molar-refractivity contribution in [2.24, 2.45) is 0 Å². The van der Waals surface area contributed by atoms with Crippen LogP contribution in [0, 0.1) is 0 Å². The van der Waals surface area contributed by atoms with Crippen molar-refractivity contribution in [2.75, 3.05) is 7.11 Å². The number of benzene rings is 1. The van der Waals surface area contributed by atoms with Gasteiger partial charge in [0.1, 0.15) is 11.4 Å². The second-order valence-corrected chi connectivity index (χ2v) is 3.65. The Balaban J connectivity index is 2.19. The summed E-state index contributed by atoms with van der Waals surface area (Å²) < 4.78 is 5.21.